The third-order valence-electron chi connectivity index (χ3n) is 3.65. The van der Waals surface area contributed by atoms with Crippen LogP contribution in [0.3, 0.4) is 0 Å². The maximum absolute atomic E-state index is 13.0. The summed E-state index contributed by atoms with van der Waals surface area (Å²) in [6.45, 7) is 1.44. The van der Waals surface area contributed by atoms with Crippen LogP contribution in [-0.4, -0.2) is 23.0 Å². The number of fused-ring (bicyclic) bond motifs is 1. The molecule has 0 aliphatic rings. The van der Waals surface area contributed by atoms with Gasteiger partial charge in [-0.05, 0) is 31.2 Å². The van der Waals surface area contributed by atoms with E-state index in [1.165, 1.54) is 25.3 Å². The van der Waals surface area contributed by atoms with Gasteiger partial charge in [-0.2, -0.15) is 0 Å². The number of carbonyl (C=O) groups excluding carboxylic acids is 2. The maximum Gasteiger partial charge on any atom is 0.341 e. The highest BCUT2D eigenvalue weighted by molar-refractivity contribution is 6.33. The number of rotatable bonds is 4. The van der Waals surface area contributed by atoms with Crippen molar-refractivity contribution in [2.24, 2.45) is 0 Å². The van der Waals surface area contributed by atoms with E-state index in [1.807, 2.05) is 12.1 Å². The molecule has 3 rings (SSSR count). The molecule has 128 valence electrons. The highest BCUT2D eigenvalue weighted by Gasteiger charge is 2.21. The zero-order valence-electron chi connectivity index (χ0n) is 13.2. The van der Waals surface area contributed by atoms with Gasteiger partial charge in [0, 0.05) is 17.1 Å². The van der Waals surface area contributed by atoms with Crippen LogP contribution in [0.15, 0.2) is 48.7 Å². The molecule has 25 heavy (non-hydrogen) atoms. The van der Waals surface area contributed by atoms with Gasteiger partial charge in [0.25, 0.3) is 5.91 Å². The number of carbonyl (C=O) groups is 2. The summed E-state index contributed by atoms with van der Waals surface area (Å²) in [6, 6.07) is 10.9. The summed E-state index contributed by atoms with van der Waals surface area (Å²) in [5.41, 5.74) is 1.38. The molecule has 0 fully saturated rings. The zero-order chi connectivity index (χ0) is 18.0. The molecule has 0 radical (unpaired) electrons. The number of benzene rings is 2. The van der Waals surface area contributed by atoms with Gasteiger partial charge < -0.3 is 15.0 Å². The number of esters is 1. The van der Waals surface area contributed by atoms with Gasteiger partial charge in [0.05, 0.1) is 16.3 Å². The summed E-state index contributed by atoms with van der Waals surface area (Å²) >= 11 is 5.86. The van der Waals surface area contributed by atoms with Crippen LogP contribution in [0.1, 0.15) is 17.3 Å². The van der Waals surface area contributed by atoms with Crippen LogP contribution < -0.4 is 5.32 Å². The average Bonchev–Trinajstić information content (AvgIpc) is 3.01. The summed E-state index contributed by atoms with van der Waals surface area (Å²) in [7, 11) is 0. The van der Waals surface area contributed by atoms with Crippen molar-refractivity contribution in [1.29, 1.82) is 0 Å². The van der Waals surface area contributed by atoms with Crippen molar-refractivity contribution in [3.05, 3.63) is 65.1 Å². The molecule has 0 bridgehead atoms. The molecule has 1 heterocycles. The molecular weight excluding hydrogens is 347 g/mol. The molecule has 2 aromatic carbocycles. The van der Waals surface area contributed by atoms with E-state index in [9.17, 15) is 14.0 Å². The van der Waals surface area contributed by atoms with Crippen molar-refractivity contribution >= 4 is 40.1 Å². The minimum absolute atomic E-state index is 0.0588. The van der Waals surface area contributed by atoms with Gasteiger partial charge in [0.2, 0.25) is 0 Å². The number of nitrogens with one attached hydrogen (secondary N) is 2. The van der Waals surface area contributed by atoms with Gasteiger partial charge in [-0.3, -0.25) is 4.79 Å². The second-order valence-electron chi connectivity index (χ2n) is 5.41. The first-order valence-electron chi connectivity index (χ1n) is 7.48. The van der Waals surface area contributed by atoms with Gasteiger partial charge in [0.1, 0.15) is 5.82 Å². The Kier molecular flexibility index (Phi) is 4.72. The van der Waals surface area contributed by atoms with Crippen LogP contribution in [0.5, 0.6) is 0 Å². The number of aromatic nitrogens is 1. The van der Waals surface area contributed by atoms with Crippen molar-refractivity contribution < 1.29 is 18.7 Å². The normalized spacial score (nSPS) is 12.0. The number of para-hydroxylation sites is 1. The van der Waals surface area contributed by atoms with E-state index in [0.717, 1.165) is 11.6 Å². The molecule has 0 unspecified atom stereocenters. The van der Waals surface area contributed by atoms with E-state index < -0.39 is 23.8 Å². The molecule has 0 aliphatic heterocycles. The summed E-state index contributed by atoms with van der Waals surface area (Å²) in [4.78, 5) is 27.4. The Morgan fingerprint density at radius 1 is 1.24 bits per heavy atom. The van der Waals surface area contributed by atoms with Crippen LogP contribution in [0.2, 0.25) is 5.02 Å². The summed E-state index contributed by atoms with van der Waals surface area (Å²) in [6.07, 6.45) is 0.483. The quantitative estimate of drug-likeness (QED) is 0.687. The van der Waals surface area contributed by atoms with Crippen molar-refractivity contribution in [2.75, 3.05) is 5.32 Å². The Balaban J connectivity index is 1.69. The van der Waals surface area contributed by atoms with Crippen molar-refractivity contribution in [1.82, 2.24) is 4.98 Å². The second kappa shape index (κ2) is 6.94. The van der Waals surface area contributed by atoms with Crippen molar-refractivity contribution in [2.45, 2.75) is 13.0 Å². The van der Waals surface area contributed by atoms with Gasteiger partial charge in [-0.15, -0.1) is 0 Å². The lowest BCUT2D eigenvalue weighted by atomic mass is 10.2. The average molecular weight is 361 g/mol. The van der Waals surface area contributed by atoms with E-state index in [2.05, 4.69) is 10.3 Å². The van der Waals surface area contributed by atoms with E-state index in [4.69, 9.17) is 16.3 Å². The molecule has 1 atom stereocenters. The Bertz CT molecular complexity index is 954. The van der Waals surface area contributed by atoms with Crippen molar-refractivity contribution in [3.8, 4) is 0 Å². The Morgan fingerprint density at radius 3 is 2.76 bits per heavy atom. The van der Waals surface area contributed by atoms with Gasteiger partial charge in [-0.25, -0.2) is 9.18 Å². The van der Waals surface area contributed by atoms with Gasteiger partial charge in [0.15, 0.2) is 6.10 Å². The number of ether oxygens (including phenoxy) is 1. The fraction of sp³-hybridized carbons (Fsp3) is 0.111. The first kappa shape index (κ1) is 17.0. The predicted molar refractivity (Wildman–Crippen MR) is 93.2 cm³/mol. The molecule has 0 spiro atoms. The zero-order valence-corrected chi connectivity index (χ0v) is 13.9. The van der Waals surface area contributed by atoms with Crippen LogP contribution in [-0.2, 0) is 9.53 Å². The van der Waals surface area contributed by atoms with E-state index in [-0.39, 0.29) is 10.7 Å². The molecule has 1 amide bonds. The second-order valence-corrected chi connectivity index (χ2v) is 5.82. The molecule has 7 heteroatoms. The Hall–Kier alpha value is -2.86. The van der Waals surface area contributed by atoms with Gasteiger partial charge >= 0.3 is 5.97 Å². The lowest BCUT2D eigenvalue weighted by Crippen LogP contribution is -2.30. The molecule has 0 aliphatic carbocycles. The number of hydrogen-bond acceptors (Lipinski definition) is 3. The summed E-state index contributed by atoms with van der Waals surface area (Å²) < 4.78 is 18.2. The highest BCUT2D eigenvalue weighted by Crippen LogP contribution is 2.23. The topological polar surface area (TPSA) is 71.2 Å². The first-order valence-corrected chi connectivity index (χ1v) is 7.86. The first-order chi connectivity index (χ1) is 12.0. The predicted octanol–water partition coefficient (Wildman–Crippen LogP) is 4.14. The standard InChI is InChI=1S/C18H14ClFN2O3/c1-10(17(23)22-16-7-6-11(20)8-14(16)19)25-18(24)13-9-21-15-5-3-2-4-12(13)15/h2-10,21H,1H3,(H,22,23)/t10-/m0/s1. The largest absolute Gasteiger partial charge is 0.449 e. The molecule has 0 saturated heterocycles. The Labute approximate surface area is 147 Å². The van der Waals surface area contributed by atoms with E-state index in [1.54, 1.807) is 12.1 Å². The summed E-state index contributed by atoms with van der Waals surface area (Å²) in [5, 5.41) is 3.27. The minimum atomic E-state index is -1.05. The maximum atomic E-state index is 13.0. The lowest BCUT2D eigenvalue weighted by Gasteiger charge is -2.14. The van der Waals surface area contributed by atoms with Crippen LogP contribution in [0.4, 0.5) is 10.1 Å². The minimum Gasteiger partial charge on any atom is -0.449 e. The van der Waals surface area contributed by atoms with Gasteiger partial charge in [-0.1, -0.05) is 29.8 Å². The molecule has 0 saturated carbocycles. The molecule has 5 nitrogen and oxygen atoms in total. The number of H-pyrrole nitrogens is 1. The molecule has 1 aromatic heterocycles. The highest BCUT2D eigenvalue weighted by atomic mass is 35.5. The fourth-order valence-electron chi connectivity index (χ4n) is 2.34. The van der Waals surface area contributed by atoms with Crippen molar-refractivity contribution in [3.63, 3.8) is 0 Å². The third-order valence-corrected chi connectivity index (χ3v) is 3.96. The molecule has 2 N–H and O–H groups in total. The van der Waals surface area contributed by atoms with Crippen LogP contribution in [0.25, 0.3) is 10.9 Å². The van der Waals surface area contributed by atoms with Crippen LogP contribution >= 0.6 is 11.6 Å². The van der Waals surface area contributed by atoms with Crippen LogP contribution in [0, 0.1) is 5.82 Å². The third kappa shape index (κ3) is 3.64. The fourth-order valence-corrected chi connectivity index (χ4v) is 2.56. The van der Waals surface area contributed by atoms with E-state index in [0.29, 0.717) is 10.9 Å². The number of halogens is 2. The molecular formula is C18H14ClFN2O3. The number of hydrogen-bond donors (Lipinski definition) is 2. The van der Waals surface area contributed by atoms with E-state index >= 15 is 0 Å². The Morgan fingerprint density at radius 2 is 2.00 bits per heavy atom. The number of aromatic amines is 1. The lowest BCUT2D eigenvalue weighted by molar-refractivity contribution is -0.123. The summed E-state index contributed by atoms with van der Waals surface area (Å²) in [5.74, 6) is -1.70. The smallest absolute Gasteiger partial charge is 0.341 e. The monoisotopic (exact) mass is 360 g/mol. The number of anilines is 1. The molecule has 3 aromatic rings. The number of amides is 1. The SMILES string of the molecule is C[C@H](OC(=O)c1c[nH]c2ccccc12)C(=O)Nc1ccc(F)cc1Cl.